The molecule has 6 nitrogen and oxygen atoms in total. The van der Waals surface area contributed by atoms with E-state index in [-0.39, 0.29) is 10.9 Å². The predicted octanol–water partition coefficient (Wildman–Crippen LogP) is 1.72. The van der Waals surface area contributed by atoms with Crippen LogP contribution in [-0.2, 0) is 23.6 Å². The number of hydrogen-bond donors (Lipinski definition) is 2. The second kappa shape index (κ2) is 6.28. The van der Waals surface area contributed by atoms with Gasteiger partial charge in [-0.3, -0.25) is 4.68 Å². The van der Waals surface area contributed by atoms with Gasteiger partial charge in [0.1, 0.15) is 4.90 Å². The molecule has 0 saturated heterocycles. The summed E-state index contributed by atoms with van der Waals surface area (Å²) >= 11 is 0. The molecule has 0 fully saturated rings. The molecule has 0 spiro atoms. The van der Waals surface area contributed by atoms with Crippen LogP contribution in [0.2, 0.25) is 0 Å². The number of nitrogens with one attached hydrogen (secondary N) is 2. The molecule has 0 aliphatic heterocycles. The Morgan fingerprint density at radius 1 is 1.24 bits per heavy atom. The number of sulfonamides is 1. The van der Waals surface area contributed by atoms with Gasteiger partial charge in [0.2, 0.25) is 10.0 Å². The Hall–Kier alpha value is -1.86. The van der Waals surface area contributed by atoms with Crippen molar-refractivity contribution in [3.05, 3.63) is 42.2 Å². The number of aromatic nitrogens is 2. The SMILES string of the molecule is CC(C)NS(=O)(=O)c1ccccc1NCc1ccn(C)n1. The molecule has 2 rings (SSSR count). The predicted molar refractivity (Wildman–Crippen MR) is 82.4 cm³/mol. The summed E-state index contributed by atoms with van der Waals surface area (Å²) in [7, 11) is -1.69. The third-order valence-corrected chi connectivity index (χ3v) is 4.51. The fourth-order valence-corrected chi connectivity index (χ4v) is 3.40. The monoisotopic (exact) mass is 308 g/mol. The second-order valence-electron chi connectivity index (χ2n) is 5.11. The van der Waals surface area contributed by atoms with Crippen molar-refractivity contribution in [2.45, 2.75) is 31.3 Å². The molecule has 1 aromatic heterocycles. The van der Waals surface area contributed by atoms with E-state index in [1.54, 1.807) is 42.8 Å². The maximum Gasteiger partial charge on any atom is 0.242 e. The molecule has 0 aliphatic rings. The highest BCUT2D eigenvalue weighted by Gasteiger charge is 2.19. The first-order valence-corrected chi connectivity index (χ1v) is 8.20. The number of rotatable bonds is 6. The van der Waals surface area contributed by atoms with E-state index in [4.69, 9.17) is 0 Å². The highest BCUT2D eigenvalue weighted by Crippen LogP contribution is 2.21. The molecule has 0 amide bonds. The Labute approximate surface area is 125 Å². The average Bonchev–Trinajstić information content (AvgIpc) is 2.81. The molecule has 2 aromatic rings. The number of nitrogens with zero attached hydrogens (tertiary/aromatic N) is 2. The van der Waals surface area contributed by atoms with Crippen molar-refractivity contribution in [2.24, 2.45) is 7.05 Å². The molecule has 1 aromatic carbocycles. The lowest BCUT2D eigenvalue weighted by molar-refractivity contribution is 0.570. The Bertz CT molecular complexity index is 707. The van der Waals surface area contributed by atoms with Gasteiger partial charge in [0.25, 0.3) is 0 Å². The van der Waals surface area contributed by atoms with Gasteiger partial charge in [-0.25, -0.2) is 13.1 Å². The van der Waals surface area contributed by atoms with Crippen LogP contribution in [0, 0.1) is 0 Å². The highest BCUT2D eigenvalue weighted by molar-refractivity contribution is 7.89. The Kier molecular flexibility index (Phi) is 4.64. The lowest BCUT2D eigenvalue weighted by Crippen LogP contribution is -2.30. The van der Waals surface area contributed by atoms with Gasteiger partial charge in [0.15, 0.2) is 0 Å². The van der Waals surface area contributed by atoms with Gasteiger partial charge in [-0.05, 0) is 32.0 Å². The van der Waals surface area contributed by atoms with Crippen molar-refractivity contribution in [2.75, 3.05) is 5.32 Å². The third-order valence-electron chi connectivity index (χ3n) is 2.80. The maximum absolute atomic E-state index is 12.3. The van der Waals surface area contributed by atoms with E-state index in [0.717, 1.165) is 5.69 Å². The summed E-state index contributed by atoms with van der Waals surface area (Å²) in [4.78, 5) is 0.245. The standard InChI is InChI=1S/C14H20N4O2S/c1-11(2)17-21(19,20)14-7-5-4-6-13(14)15-10-12-8-9-18(3)16-12/h4-9,11,15,17H,10H2,1-3H3. The van der Waals surface area contributed by atoms with E-state index in [1.807, 2.05) is 19.3 Å². The summed E-state index contributed by atoms with van der Waals surface area (Å²) in [5.74, 6) is 0. The summed E-state index contributed by atoms with van der Waals surface area (Å²) < 4.78 is 28.9. The van der Waals surface area contributed by atoms with Crippen LogP contribution in [0.15, 0.2) is 41.4 Å². The maximum atomic E-state index is 12.3. The minimum atomic E-state index is -3.53. The first kappa shape index (κ1) is 15.5. The van der Waals surface area contributed by atoms with E-state index in [2.05, 4.69) is 15.1 Å². The molecule has 0 saturated carbocycles. The van der Waals surface area contributed by atoms with Crippen molar-refractivity contribution >= 4 is 15.7 Å². The minimum Gasteiger partial charge on any atom is -0.378 e. The van der Waals surface area contributed by atoms with Crippen LogP contribution in [0.4, 0.5) is 5.69 Å². The van der Waals surface area contributed by atoms with Crippen molar-refractivity contribution in [3.63, 3.8) is 0 Å². The van der Waals surface area contributed by atoms with E-state index in [9.17, 15) is 8.42 Å². The van der Waals surface area contributed by atoms with E-state index >= 15 is 0 Å². The van der Waals surface area contributed by atoms with Gasteiger partial charge in [0.05, 0.1) is 17.9 Å². The smallest absolute Gasteiger partial charge is 0.242 e. The molecular weight excluding hydrogens is 288 g/mol. The van der Waals surface area contributed by atoms with Crippen LogP contribution in [-0.4, -0.2) is 24.2 Å². The molecule has 1 heterocycles. The summed E-state index contributed by atoms with van der Waals surface area (Å²) in [6.07, 6.45) is 1.85. The molecule has 2 N–H and O–H groups in total. The van der Waals surface area contributed by atoms with Crippen LogP contribution in [0.1, 0.15) is 19.5 Å². The molecule has 21 heavy (non-hydrogen) atoms. The van der Waals surface area contributed by atoms with Crippen LogP contribution < -0.4 is 10.0 Å². The van der Waals surface area contributed by atoms with Crippen molar-refractivity contribution in [3.8, 4) is 0 Å². The Morgan fingerprint density at radius 3 is 2.57 bits per heavy atom. The molecule has 7 heteroatoms. The van der Waals surface area contributed by atoms with E-state index in [0.29, 0.717) is 12.2 Å². The Morgan fingerprint density at radius 2 is 1.95 bits per heavy atom. The zero-order valence-electron chi connectivity index (χ0n) is 12.4. The van der Waals surface area contributed by atoms with Crippen LogP contribution in [0.5, 0.6) is 0 Å². The summed E-state index contributed by atoms with van der Waals surface area (Å²) in [6.45, 7) is 4.05. The van der Waals surface area contributed by atoms with Crippen molar-refractivity contribution in [1.29, 1.82) is 0 Å². The number of para-hydroxylation sites is 1. The van der Waals surface area contributed by atoms with Crippen molar-refractivity contribution in [1.82, 2.24) is 14.5 Å². The average molecular weight is 308 g/mol. The first-order valence-electron chi connectivity index (χ1n) is 6.72. The van der Waals surface area contributed by atoms with E-state index < -0.39 is 10.0 Å². The van der Waals surface area contributed by atoms with Gasteiger partial charge >= 0.3 is 0 Å². The lowest BCUT2D eigenvalue weighted by Gasteiger charge is -2.14. The largest absolute Gasteiger partial charge is 0.378 e. The third kappa shape index (κ3) is 4.05. The van der Waals surface area contributed by atoms with E-state index in [1.165, 1.54) is 0 Å². The minimum absolute atomic E-state index is 0.154. The molecule has 114 valence electrons. The topological polar surface area (TPSA) is 76.0 Å². The van der Waals surface area contributed by atoms with Gasteiger partial charge in [0, 0.05) is 19.3 Å². The normalized spacial score (nSPS) is 11.8. The quantitative estimate of drug-likeness (QED) is 0.852. The van der Waals surface area contributed by atoms with Crippen LogP contribution >= 0.6 is 0 Å². The molecule has 0 unspecified atom stereocenters. The van der Waals surface area contributed by atoms with Crippen LogP contribution in [0.3, 0.4) is 0 Å². The molecule has 0 atom stereocenters. The van der Waals surface area contributed by atoms with Crippen LogP contribution in [0.25, 0.3) is 0 Å². The van der Waals surface area contributed by atoms with Gasteiger partial charge in [-0.1, -0.05) is 12.1 Å². The summed E-state index contributed by atoms with van der Waals surface area (Å²) in [5.41, 5.74) is 1.41. The molecular formula is C14H20N4O2S. The van der Waals surface area contributed by atoms with Gasteiger partial charge in [-0.2, -0.15) is 5.10 Å². The lowest BCUT2D eigenvalue weighted by atomic mass is 10.3. The highest BCUT2D eigenvalue weighted by atomic mass is 32.2. The molecule has 0 aliphatic carbocycles. The second-order valence-corrected chi connectivity index (χ2v) is 6.79. The fourth-order valence-electron chi connectivity index (χ4n) is 1.96. The number of aryl methyl sites for hydroxylation is 1. The molecule has 0 bridgehead atoms. The Balaban J connectivity index is 2.21. The fraction of sp³-hybridized carbons (Fsp3) is 0.357. The number of benzene rings is 1. The number of hydrogen-bond acceptors (Lipinski definition) is 4. The zero-order chi connectivity index (χ0) is 15.5. The summed E-state index contributed by atoms with van der Waals surface area (Å²) in [5, 5.41) is 7.38. The number of anilines is 1. The van der Waals surface area contributed by atoms with Gasteiger partial charge < -0.3 is 5.32 Å². The zero-order valence-corrected chi connectivity index (χ0v) is 13.2. The van der Waals surface area contributed by atoms with Crippen molar-refractivity contribution < 1.29 is 8.42 Å². The summed E-state index contributed by atoms with van der Waals surface area (Å²) in [6, 6.07) is 8.58. The van der Waals surface area contributed by atoms with Gasteiger partial charge in [-0.15, -0.1) is 0 Å². The molecule has 0 radical (unpaired) electrons. The first-order chi connectivity index (χ1) is 9.88.